The third-order valence-corrected chi connectivity index (χ3v) is 4.74. The number of ketones is 1. The zero-order valence-electron chi connectivity index (χ0n) is 14.9. The molecule has 1 atom stereocenters. The van der Waals surface area contributed by atoms with Gasteiger partial charge in [0.15, 0.2) is 5.78 Å². The van der Waals surface area contributed by atoms with Crippen LogP contribution in [0.5, 0.6) is 0 Å². The fourth-order valence-electron chi connectivity index (χ4n) is 2.92. The average molecular weight is 338 g/mol. The molecule has 1 heterocycles. The Morgan fingerprint density at radius 1 is 1.08 bits per heavy atom. The van der Waals surface area contributed by atoms with E-state index < -0.39 is 22.9 Å². The molecule has 1 aliphatic heterocycles. The van der Waals surface area contributed by atoms with Crippen LogP contribution >= 0.6 is 0 Å². The van der Waals surface area contributed by atoms with Crippen molar-refractivity contribution in [2.75, 3.05) is 6.54 Å². The number of benzene rings is 2. The molecule has 5 heteroatoms. The Kier molecular flexibility index (Phi) is 3.90. The highest BCUT2D eigenvalue weighted by molar-refractivity contribution is 6.10. The van der Waals surface area contributed by atoms with Crippen LogP contribution in [0.2, 0.25) is 0 Å². The number of amides is 3. The Labute approximate surface area is 147 Å². The smallest absolute Gasteiger partial charge is 0.319 e. The Morgan fingerprint density at radius 3 is 2.36 bits per heavy atom. The van der Waals surface area contributed by atoms with E-state index in [-0.39, 0.29) is 12.3 Å². The lowest BCUT2D eigenvalue weighted by molar-refractivity contribution is -0.136. The fraction of sp³-hybridized carbons (Fsp3) is 0.350. The number of hydrogen-bond acceptors (Lipinski definition) is 3. The number of hydrogen-bond donors (Lipinski definition) is 1. The van der Waals surface area contributed by atoms with Crippen LogP contribution in [0.3, 0.4) is 0 Å². The first kappa shape index (κ1) is 17.1. The molecule has 1 aliphatic rings. The molecular weight excluding hydrogens is 316 g/mol. The quantitative estimate of drug-likeness (QED) is 0.874. The van der Waals surface area contributed by atoms with Gasteiger partial charge < -0.3 is 5.32 Å². The maximum atomic E-state index is 12.9. The number of imide groups is 1. The van der Waals surface area contributed by atoms with Gasteiger partial charge in [0.05, 0.1) is 6.54 Å². The first-order valence-corrected chi connectivity index (χ1v) is 8.29. The molecular formula is C20H22N2O3. The van der Waals surface area contributed by atoms with Gasteiger partial charge in [0.2, 0.25) is 0 Å². The molecule has 3 amide bonds. The molecule has 2 aromatic carbocycles. The minimum absolute atomic E-state index is 0.154. The minimum atomic E-state index is -1.17. The zero-order valence-corrected chi connectivity index (χ0v) is 14.9. The second-order valence-corrected chi connectivity index (χ2v) is 7.68. The van der Waals surface area contributed by atoms with Gasteiger partial charge in [0.25, 0.3) is 5.91 Å². The van der Waals surface area contributed by atoms with Crippen LogP contribution in [-0.4, -0.2) is 29.2 Å². The van der Waals surface area contributed by atoms with E-state index in [0.717, 1.165) is 15.7 Å². The van der Waals surface area contributed by atoms with E-state index in [9.17, 15) is 14.4 Å². The van der Waals surface area contributed by atoms with E-state index in [4.69, 9.17) is 0 Å². The van der Waals surface area contributed by atoms with Crippen molar-refractivity contribution in [2.45, 2.75) is 33.2 Å². The number of rotatable bonds is 3. The standard InChI is InChI=1S/C20H22N2O3/c1-19(2,3)16(23)12-22-17(24)20(4,21-18(22)25)15-10-9-13-7-5-6-8-14(13)11-15/h5-11H,12H2,1-4H3,(H,21,25). The first-order valence-electron chi connectivity index (χ1n) is 8.29. The van der Waals surface area contributed by atoms with Gasteiger partial charge in [0, 0.05) is 5.41 Å². The van der Waals surface area contributed by atoms with Gasteiger partial charge in [-0.05, 0) is 29.3 Å². The van der Waals surface area contributed by atoms with Crippen LogP contribution in [-0.2, 0) is 15.1 Å². The summed E-state index contributed by atoms with van der Waals surface area (Å²) in [6, 6.07) is 13.0. The molecule has 0 bridgehead atoms. The molecule has 1 saturated heterocycles. The number of carbonyl (C=O) groups excluding carboxylic acids is 3. The van der Waals surface area contributed by atoms with Gasteiger partial charge in [0.1, 0.15) is 5.54 Å². The van der Waals surface area contributed by atoms with E-state index in [1.54, 1.807) is 27.7 Å². The van der Waals surface area contributed by atoms with Crippen molar-refractivity contribution in [1.82, 2.24) is 10.2 Å². The third-order valence-electron chi connectivity index (χ3n) is 4.74. The molecule has 3 rings (SSSR count). The van der Waals surface area contributed by atoms with E-state index >= 15 is 0 Å². The molecule has 0 radical (unpaired) electrons. The molecule has 2 aromatic rings. The lowest BCUT2D eigenvalue weighted by Crippen LogP contribution is -2.42. The second kappa shape index (κ2) is 5.69. The molecule has 1 unspecified atom stereocenters. The van der Waals surface area contributed by atoms with Crippen LogP contribution in [0, 0.1) is 5.41 Å². The average Bonchev–Trinajstić information content (AvgIpc) is 2.77. The Bertz CT molecular complexity index is 882. The zero-order chi connectivity index (χ0) is 18.4. The van der Waals surface area contributed by atoms with Crippen molar-refractivity contribution in [3.63, 3.8) is 0 Å². The topological polar surface area (TPSA) is 66.5 Å². The van der Waals surface area contributed by atoms with Crippen LogP contribution in [0.25, 0.3) is 10.8 Å². The van der Waals surface area contributed by atoms with Crippen molar-refractivity contribution in [1.29, 1.82) is 0 Å². The number of Topliss-reactive ketones (excluding diaryl/α,β-unsaturated/α-hetero) is 1. The van der Waals surface area contributed by atoms with Gasteiger partial charge in [-0.2, -0.15) is 0 Å². The van der Waals surface area contributed by atoms with E-state index in [1.165, 1.54) is 0 Å². The van der Waals surface area contributed by atoms with E-state index in [1.807, 2.05) is 42.5 Å². The van der Waals surface area contributed by atoms with Crippen LogP contribution < -0.4 is 5.32 Å². The van der Waals surface area contributed by atoms with Crippen LogP contribution in [0.1, 0.15) is 33.3 Å². The first-order chi connectivity index (χ1) is 11.6. The van der Waals surface area contributed by atoms with E-state index in [2.05, 4.69) is 5.32 Å². The molecule has 1 N–H and O–H groups in total. The maximum Gasteiger partial charge on any atom is 0.325 e. The van der Waals surface area contributed by atoms with Gasteiger partial charge in [-0.1, -0.05) is 57.2 Å². The second-order valence-electron chi connectivity index (χ2n) is 7.68. The lowest BCUT2D eigenvalue weighted by Gasteiger charge is -2.24. The third kappa shape index (κ3) is 2.90. The number of nitrogens with one attached hydrogen (secondary N) is 1. The summed E-state index contributed by atoms with van der Waals surface area (Å²) in [5.41, 5.74) is -1.07. The Hall–Kier alpha value is -2.69. The number of fused-ring (bicyclic) bond motifs is 1. The summed E-state index contributed by atoms with van der Waals surface area (Å²) in [5, 5.41) is 4.81. The molecule has 1 fully saturated rings. The molecule has 130 valence electrons. The SMILES string of the molecule is CC(C)(C)C(=O)CN1C(=O)NC(C)(c2ccc3ccccc3c2)C1=O. The molecule has 0 saturated carbocycles. The van der Waals surface area contributed by atoms with Gasteiger partial charge in [-0.15, -0.1) is 0 Å². The lowest BCUT2D eigenvalue weighted by atomic mass is 9.89. The van der Waals surface area contributed by atoms with Crippen molar-refractivity contribution in [3.05, 3.63) is 48.0 Å². The normalized spacial score (nSPS) is 20.9. The molecule has 5 nitrogen and oxygen atoms in total. The minimum Gasteiger partial charge on any atom is -0.319 e. The summed E-state index contributed by atoms with van der Waals surface area (Å²) in [7, 11) is 0. The highest BCUT2D eigenvalue weighted by Crippen LogP contribution is 2.31. The number of nitrogens with zero attached hydrogens (tertiary/aromatic N) is 1. The predicted octanol–water partition coefficient (Wildman–Crippen LogP) is 3.22. The Morgan fingerprint density at radius 2 is 1.72 bits per heavy atom. The number of urea groups is 1. The van der Waals surface area contributed by atoms with E-state index in [0.29, 0.717) is 5.56 Å². The van der Waals surface area contributed by atoms with Crippen LogP contribution in [0.4, 0.5) is 4.79 Å². The molecule has 0 aliphatic carbocycles. The summed E-state index contributed by atoms with van der Waals surface area (Å²) in [4.78, 5) is 38.5. The summed E-state index contributed by atoms with van der Waals surface area (Å²) < 4.78 is 0. The van der Waals surface area contributed by atoms with Crippen LogP contribution in [0.15, 0.2) is 42.5 Å². The highest BCUT2D eigenvalue weighted by atomic mass is 16.2. The predicted molar refractivity (Wildman–Crippen MR) is 96.0 cm³/mol. The summed E-state index contributed by atoms with van der Waals surface area (Å²) in [6.45, 7) is 6.79. The van der Waals surface area contributed by atoms with Gasteiger partial charge in [-0.25, -0.2) is 4.79 Å². The summed E-state index contributed by atoms with van der Waals surface area (Å²) in [5.74, 6) is -0.552. The van der Waals surface area contributed by atoms with Crippen molar-refractivity contribution in [2.24, 2.45) is 5.41 Å². The van der Waals surface area contributed by atoms with Crippen molar-refractivity contribution in [3.8, 4) is 0 Å². The summed E-state index contributed by atoms with van der Waals surface area (Å²) >= 11 is 0. The fourth-order valence-corrected chi connectivity index (χ4v) is 2.92. The monoisotopic (exact) mass is 338 g/mol. The number of carbonyl (C=O) groups is 3. The van der Waals surface area contributed by atoms with Crippen molar-refractivity contribution >= 4 is 28.5 Å². The van der Waals surface area contributed by atoms with Gasteiger partial charge in [-0.3, -0.25) is 14.5 Å². The molecule has 0 aromatic heterocycles. The summed E-state index contributed by atoms with van der Waals surface area (Å²) in [6.07, 6.45) is 0. The Balaban J connectivity index is 1.94. The molecule has 0 spiro atoms. The largest absolute Gasteiger partial charge is 0.325 e. The van der Waals surface area contributed by atoms with Gasteiger partial charge >= 0.3 is 6.03 Å². The maximum absolute atomic E-state index is 12.9. The molecule has 25 heavy (non-hydrogen) atoms. The van der Waals surface area contributed by atoms with Crippen molar-refractivity contribution < 1.29 is 14.4 Å². The highest BCUT2D eigenvalue weighted by Gasteiger charge is 2.50.